The zero-order valence-corrected chi connectivity index (χ0v) is 14.4. The lowest BCUT2D eigenvalue weighted by molar-refractivity contribution is 0.619. The predicted octanol–water partition coefficient (Wildman–Crippen LogP) is 4.55. The van der Waals surface area contributed by atoms with Crippen LogP contribution >= 0.6 is 0 Å². The molecule has 3 aromatic rings. The van der Waals surface area contributed by atoms with Crippen LogP contribution in [0, 0.1) is 12.7 Å². The number of benzene rings is 1. The Hall–Kier alpha value is -3.02. The minimum Gasteiger partial charge on any atom is -0.352 e. The van der Waals surface area contributed by atoms with Gasteiger partial charge in [-0.2, -0.15) is 4.98 Å². The van der Waals surface area contributed by atoms with E-state index in [1.165, 1.54) is 6.07 Å². The third-order valence-electron chi connectivity index (χ3n) is 3.50. The Morgan fingerprint density at radius 3 is 2.52 bits per heavy atom. The van der Waals surface area contributed by atoms with Crippen LogP contribution in [0.15, 0.2) is 48.7 Å². The maximum Gasteiger partial charge on any atom is 0.225 e. The van der Waals surface area contributed by atoms with Crippen LogP contribution < -0.4 is 10.6 Å². The summed E-state index contributed by atoms with van der Waals surface area (Å²) in [5.74, 6) is 0.897. The van der Waals surface area contributed by atoms with E-state index in [2.05, 4.69) is 25.6 Å². The normalized spacial score (nSPS) is 10.8. The number of hydrogen-bond donors (Lipinski definition) is 2. The van der Waals surface area contributed by atoms with Crippen molar-refractivity contribution in [2.45, 2.75) is 26.8 Å². The minimum absolute atomic E-state index is 0.194. The van der Waals surface area contributed by atoms with Crippen LogP contribution in [0.5, 0.6) is 0 Å². The average Bonchev–Trinajstić information content (AvgIpc) is 2.58. The van der Waals surface area contributed by atoms with E-state index in [9.17, 15) is 4.39 Å². The van der Waals surface area contributed by atoms with Crippen LogP contribution in [0.3, 0.4) is 0 Å². The first-order chi connectivity index (χ1) is 12.0. The first kappa shape index (κ1) is 16.8. The molecule has 0 saturated carbocycles. The van der Waals surface area contributed by atoms with Gasteiger partial charge in [0.1, 0.15) is 11.6 Å². The van der Waals surface area contributed by atoms with Gasteiger partial charge in [0.15, 0.2) is 0 Å². The summed E-state index contributed by atoms with van der Waals surface area (Å²) in [6.45, 7) is 5.77. The minimum atomic E-state index is -0.232. The largest absolute Gasteiger partial charge is 0.352 e. The van der Waals surface area contributed by atoms with E-state index < -0.39 is 0 Å². The van der Waals surface area contributed by atoms with Crippen LogP contribution in [0.1, 0.15) is 19.4 Å². The Morgan fingerprint density at radius 1 is 1.00 bits per heavy atom. The Labute approximate surface area is 146 Å². The molecule has 5 nitrogen and oxygen atoms in total. The van der Waals surface area contributed by atoms with Gasteiger partial charge in [-0.25, -0.2) is 9.37 Å². The van der Waals surface area contributed by atoms with Gasteiger partial charge in [-0.1, -0.05) is 6.07 Å². The van der Waals surface area contributed by atoms with E-state index in [0.717, 1.165) is 11.4 Å². The molecule has 2 N–H and O–H groups in total. The zero-order valence-electron chi connectivity index (χ0n) is 14.4. The fourth-order valence-corrected chi connectivity index (χ4v) is 2.35. The summed E-state index contributed by atoms with van der Waals surface area (Å²) in [7, 11) is 0. The maximum absolute atomic E-state index is 13.5. The molecule has 0 aliphatic rings. The highest BCUT2D eigenvalue weighted by Gasteiger charge is 2.09. The lowest BCUT2D eigenvalue weighted by atomic mass is 10.2. The Morgan fingerprint density at radius 2 is 1.84 bits per heavy atom. The smallest absolute Gasteiger partial charge is 0.225 e. The van der Waals surface area contributed by atoms with Crippen molar-refractivity contribution in [3.63, 3.8) is 0 Å². The van der Waals surface area contributed by atoms with Crippen molar-refractivity contribution >= 4 is 17.5 Å². The first-order valence-corrected chi connectivity index (χ1v) is 8.11. The number of rotatable bonds is 5. The number of halogens is 1. The van der Waals surface area contributed by atoms with Gasteiger partial charge in [-0.05, 0) is 56.7 Å². The van der Waals surface area contributed by atoms with Gasteiger partial charge < -0.3 is 10.6 Å². The second kappa shape index (κ2) is 7.25. The van der Waals surface area contributed by atoms with Crippen molar-refractivity contribution in [1.29, 1.82) is 0 Å². The topological polar surface area (TPSA) is 62.7 Å². The lowest BCUT2D eigenvalue weighted by Gasteiger charge is -2.13. The van der Waals surface area contributed by atoms with Crippen LogP contribution in [-0.2, 0) is 0 Å². The fourth-order valence-electron chi connectivity index (χ4n) is 2.35. The third-order valence-corrected chi connectivity index (χ3v) is 3.50. The molecule has 0 saturated heterocycles. The predicted molar refractivity (Wildman–Crippen MR) is 98.4 cm³/mol. The highest BCUT2D eigenvalue weighted by atomic mass is 19.1. The number of pyridine rings is 1. The van der Waals surface area contributed by atoms with E-state index in [4.69, 9.17) is 0 Å². The Kier molecular flexibility index (Phi) is 4.88. The van der Waals surface area contributed by atoms with Crippen molar-refractivity contribution in [2.24, 2.45) is 0 Å². The highest BCUT2D eigenvalue weighted by molar-refractivity contribution is 5.65. The van der Waals surface area contributed by atoms with Gasteiger partial charge in [0.2, 0.25) is 5.95 Å². The van der Waals surface area contributed by atoms with Gasteiger partial charge in [-0.3, -0.25) is 4.98 Å². The number of anilines is 3. The zero-order chi connectivity index (χ0) is 17.8. The summed E-state index contributed by atoms with van der Waals surface area (Å²) in [5, 5.41) is 6.42. The number of aryl methyl sites for hydroxylation is 1. The molecule has 2 aromatic heterocycles. The standard InChI is InChI=1S/C19H20FN5/c1-12(2)22-19-24-17(16-6-4-5-9-21-16)11-18(25-19)23-14-7-8-15(20)13(3)10-14/h4-12H,1-3H3,(H2,22,23,24,25). The van der Waals surface area contributed by atoms with Gasteiger partial charge in [0.25, 0.3) is 0 Å². The molecule has 1 aromatic carbocycles. The molecule has 6 heteroatoms. The molecule has 25 heavy (non-hydrogen) atoms. The molecule has 0 radical (unpaired) electrons. The molecule has 0 bridgehead atoms. The number of nitrogens with zero attached hydrogens (tertiary/aromatic N) is 3. The molecule has 0 aliphatic heterocycles. The number of nitrogens with one attached hydrogen (secondary N) is 2. The van der Waals surface area contributed by atoms with Crippen molar-refractivity contribution in [3.8, 4) is 11.4 Å². The molecular weight excluding hydrogens is 317 g/mol. The summed E-state index contributed by atoms with van der Waals surface area (Å²) in [6, 6.07) is 12.5. The Balaban J connectivity index is 1.98. The second-order valence-corrected chi connectivity index (χ2v) is 6.07. The first-order valence-electron chi connectivity index (χ1n) is 8.11. The quantitative estimate of drug-likeness (QED) is 0.715. The molecule has 2 heterocycles. The summed E-state index contributed by atoms with van der Waals surface area (Å²) in [6.07, 6.45) is 1.73. The van der Waals surface area contributed by atoms with Crippen molar-refractivity contribution in [2.75, 3.05) is 10.6 Å². The van der Waals surface area contributed by atoms with E-state index >= 15 is 0 Å². The summed E-state index contributed by atoms with van der Waals surface area (Å²) >= 11 is 0. The SMILES string of the molecule is Cc1cc(Nc2cc(-c3ccccn3)nc(NC(C)C)n2)ccc1F. The van der Waals surface area contributed by atoms with Gasteiger partial charge in [0, 0.05) is 24.0 Å². The molecule has 0 atom stereocenters. The molecule has 0 spiro atoms. The van der Waals surface area contributed by atoms with E-state index in [0.29, 0.717) is 23.0 Å². The number of hydrogen-bond acceptors (Lipinski definition) is 5. The third kappa shape index (κ3) is 4.29. The monoisotopic (exact) mass is 337 g/mol. The Bertz CT molecular complexity index is 865. The molecule has 3 rings (SSSR count). The van der Waals surface area contributed by atoms with Crippen molar-refractivity contribution < 1.29 is 4.39 Å². The molecule has 128 valence electrons. The summed E-state index contributed by atoms with van der Waals surface area (Å²) in [4.78, 5) is 13.4. The maximum atomic E-state index is 13.5. The van der Waals surface area contributed by atoms with Crippen LogP contribution in [0.25, 0.3) is 11.4 Å². The van der Waals surface area contributed by atoms with Crippen molar-refractivity contribution in [1.82, 2.24) is 15.0 Å². The molecule has 0 amide bonds. The summed E-state index contributed by atoms with van der Waals surface area (Å²) < 4.78 is 13.5. The van der Waals surface area contributed by atoms with Gasteiger partial charge in [-0.15, -0.1) is 0 Å². The van der Waals surface area contributed by atoms with E-state index in [-0.39, 0.29) is 11.9 Å². The van der Waals surface area contributed by atoms with Gasteiger partial charge in [0.05, 0.1) is 11.4 Å². The molecule has 0 aliphatic carbocycles. The van der Waals surface area contributed by atoms with E-state index in [1.807, 2.05) is 38.1 Å². The highest BCUT2D eigenvalue weighted by Crippen LogP contribution is 2.23. The number of aromatic nitrogens is 3. The summed E-state index contributed by atoms with van der Waals surface area (Å²) in [5.41, 5.74) is 2.81. The molecule has 0 unspecified atom stereocenters. The molecular formula is C19H20FN5. The fraction of sp³-hybridized carbons (Fsp3) is 0.211. The second-order valence-electron chi connectivity index (χ2n) is 6.07. The van der Waals surface area contributed by atoms with E-state index in [1.54, 1.807) is 25.3 Å². The van der Waals surface area contributed by atoms with Crippen LogP contribution in [0.4, 0.5) is 21.8 Å². The van der Waals surface area contributed by atoms with Crippen LogP contribution in [0.2, 0.25) is 0 Å². The molecule has 0 fully saturated rings. The average molecular weight is 337 g/mol. The van der Waals surface area contributed by atoms with Gasteiger partial charge >= 0.3 is 0 Å². The lowest BCUT2D eigenvalue weighted by Crippen LogP contribution is -2.13. The van der Waals surface area contributed by atoms with Crippen LogP contribution in [-0.4, -0.2) is 21.0 Å². The van der Waals surface area contributed by atoms with Crippen molar-refractivity contribution in [3.05, 3.63) is 60.0 Å².